The number of nitrogens with zero attached hydrogens (tertiary/aromatic N) is 5. The quantitative estimate of drug-likeness (QED) is 0.403. The first-order valence-electron chi connectivity index (χ1n) is 11.1. The number of aliphatic hydroxyl groups is 1. The van der Waals surface area contributed by atoms with Gasteiger partial charge < -0.3 is 14.5 Å². The zero-order valence-corrected chi connectivity index (χ0v) is 19.4. The summed E-state index contributed by atoms with van der Waals surface area (Å²) in [4.78, 5) is 18.0. The number of rotatable bonds is 9. The van der Waals surface area contributed by atoms with E-state index >= 15 is 0 Å². The highest BCUT2D eigenvalue weighted by Gasteiger charge is 2.30. The zero-order valence-electron chi connectivity index (χ0n) is 19.4. The number of hydrogen-bond donors (Lipinski definition) is 2. The number of H-pyrrole nitrogens is 1. The van der Waals surface area contributed by atoms with Crippen LogP contribution in [0.3, 0.4) is 0 Å². The third-order valence-electron chi connectivity index (χ3n) is 5.88. The molecule has 1 atom stereocenters. The summed E-state index contributed by atoms with van der Waals surface area (Å²) >= 11 is 0. The van der Waals surface area contributed by atoms with E-state index in [1.54, 1.807) is 10.9 Å². The third kappa shape index (κ3) is 4.89. The molecule has 0 saturated carbocycles. The van der Waals surface area contributed by atoms with Crippen LogP contribution in [0.15, 0.2) is 45.8 Å². The Morgan fingerprint density at radius 2 is 2.06 bits per heavy atom. The molecule has 3 heterocycles. The Morgan fingerprint density at radius 1 is 1.24 bits per heavy atom. The van der Waals surface area contributed by atoms with Crippen LogP contribution in [0.2, 0.25) is 0 Å². The standard InChI is InChI=1S/C24H30N6O3/c1-15(2)22(23-26-27-28-30(23)14-19-6-5-9-33-19)29(7-8-31)13-18-12-20-17(4)10-16(3)11-21(20)25-24(18)32/h5-6,9-12,15,22,31H,7-8,13-14H2,1-4H3,(H,25,32). The zero-order chi connectivity index (χ0) is 23.5. The molecule has 9 nitrogen and oxygen atoms in total. The lowest BCUT2D eigenvalue weighted by molar-refractivity contribution is 0.105. The van der Waals surface area contributed by atoms with E-state index in [2.05, 4.69) is 45.3 Å². The van der Waals surface area contributed by atoms with E-state index in [9.17, 15) is 9.90 Å². The SMILES string of the molecule is Cc1cc(C)c2cc(CN(CCO)C(c3nnnn3Cc3ccco3)C(C)C)c(=O)[nH]c2c1. The van der Waals surface area contributed by atoms with Crippen LogP contribution in [0, 0.1) is 19.8 Å². The van der Waals surface area contributed by atoms with Crippen LogP contribution in [0.4, 0.5) is 0 Å². The number of furan rings is 1. The predicted octanol–water partition coefficient (Wildman–Crippen LogP) is 2.96. The summed E-state index contributed by atoms with van der Waals surface area (Å²) in [6.45, 7) is 9.31. The van der Waals surface area contributed by atoms with E-state index in [4.69, 9.17) is 4.42 Å². The number of pyridine rings is 1. The Hall–Kier alpha value is -3.30. The molecular formula is C24H30N6O3. The van der Waals surface area contributed by atoms with E-state index in [0.29, 0.717) is 31.0 Å². The van der Waals surface area contributed by atoms with E-state index < -0.39 is 0 Å². The molecule has 0 saturated heterocycles. The maximum Gasteiger partial charge on any atom is 0.252 e. The minimum absolute atomic E-state index is 0.0489. The number of aliphatic hydroxyl groups excluding tert-OH is 1. The lowest BCUT2D eigenvalue weighted by Crippen LogP contribution is -2.37. The van der Waals surface area contributed by atoms with Gasteiger partial charge in [-0.3, -0.25) is 9.69 Å². The van der Waals surface area contributed by atoms with Gasteiger partial charge in [0.15, 0.2) is 5.82 Å². The summed E-state index contributed by atoms with van der Waals surface area (Å²) < 4.78 is 7.18. The van der Waals surface area contributed by atoms with Gasteiger partial charge in [0.1, 0.15) is 12.3 Å². The van der Waals surface area contributed by atoms with Crippen LogP contribution in [0.25, 0.3) is 10.9 Å². The number of fused-ring (bicyclic) bond motifs is 1. The van der Waals surface area contributed by atoms with Crippen LogP contribution in [0.1, 0.15) is 48.2 Å². The molecule has 3 aromatic heterocycles. The summed E-state index contributed by atoms with van der Waals surface area (Å²) in [5.74, 6) is 1.54. The van der Waals surface area contributed by atoms with Crippen molar-refractivity contribution >= 4 is 10.9 Å². The molecule has 0 spiro atoms. The molecule has 0 aliphatic rings. The van der Waals surface area contributed by atoms with Crippen molar-refractivity contribution in [1.29, 1.82) is 0 Å². The maximum atomic E-state index is 13.0. The fraction of sp³-hybridized carbons (Fsp3) is 0.417. The van der Waals surface area contributed by atoms with E-state index in [0.717, 1.165) is 27.8 Å². The lowest BCUT2D eigenvalue weighted by Gasteiger charge is -2.33. The molecule has 1 unspecified atom stereocenters. The molecule has 9 heteroatoms. The molecular weight excluding hydrogens is 420 g/mol. The first-order valence-corrected chi connectivity index (χ1v) is 11.1. The molecule has 1 aromatic carbocycles. The average molecular weight is 451 g/mol. The minimum Gasteiger partial charge on any atom is -0.467 e. The monoisotopic (exact) mass is 450 g/mol. The van der Waals surface area contributed by atoms with Crippen LogP contribution in [-0.4, -0.2) is 48.3 Å². The smallest absolute Gasteiger partial charge is 0.252 e. The van der Waals surface area contributed by atoms with E-state index in [1.807, 2.05) is 38.1 Å². The van der Waals surface area contributed by atoms with Gasteiger partial charge >= 0.3 is 0 Å². The Kier molecular flexibility index (Phi) is 6.71. The summed E-state index contributed by atoms with van der Waals surface area (Å²) in [6, 6.07) is 9.54. The molecule has 0 aliphatic heterocycles. The Labute approximate surface area is 192 Å². The van der Waals surface area contributed by atoms with Crippen molar-refractivity contribution in [2.24, 2.45) is 5.92 Å². The fourth-order valence-corrected chi connectivity index (χ4v) is 4.47. The fourth-order valence-electron chi connectivity index (χ4n) is 4.47. The van der Waals surface area contributed by atoms with Gasteiger partial charge in [0.05, 0.1) is 18.9 Å². The van der Waals surface area contributed by atoms with Gasteiger partial charge in [0.25, 0.3) is 5.56 Å². The second kappa shape index (κ2) is 9.68. The topological polar surface area (TPSA) is 113 Å². The highest BCUT2D eigenvalue weighted by molar-refractivity contribution is 5.83. The molecule has 0 aliphatic carbocycles. The van der Waals surface area contributed by atoms with Crippen LogP contribution in [-0.2, 0) is 13.1 Å². The first kappa shape index (κ1) is 22.9. The lowest BCUT2D eigenvalue weighted by atomic mass is 10.00. The molecule has 0 fully saturated rings. The highest BCUT2D eigenvalue weighted by Crippen LogP contribution is 2.29. The van der Waals surface area contributed by atoms with Crippen molar-refractivity contribution in [3.8, 4) is 0 Å². The number of benzene rings is 1. The number of tetrazole rings is 1. The largest absolute Gasteiger partial charge is 0.467 e. The molecule has 0 amide bonds. The molecule has 0 radical (unpaired) electrons. The van der Waals surface area contributed by atoms with Gasteiger partial charge in [-0.25, -0.2) is 4.68 Å². The molecule has 0 bridgehead atoms. The van der Waals surface area contributed by atoms with Crippen molar-refractivity contribution < 1.29 is 9.52 Å². The molecule has 4 aromatic rings. The van der Waals surface area contributed by atoms with Crippen LogP contribution in [0.5, 0.6) is 0 Å². The van der Waals surface area contributed by atoms with Gasteiger partial charge in [-0.15, -0.1) is 5.10 Å². The summed E-state index contributed by atoms with van der Waals surface area (Å²) in [7, 11) is 0. The number of nitrogens with one attached hydrogen (secondary N) is 1. The molecule has 2 N–H and O–H groups in total. The van der Waals surface area contributed by atoms with Crippen molar-refractivity contribution in [1.82, 2.24) is 30.1 Å². The van der Waals surface area contributed by atoms with Gasteiger partial charge in [-0.1, -0.05) is 19.9 Å². The van der Waals surface area contributed by atoms with Crippen LogP contribution < -0.4 is 5.56 Å². The summed E-state index contributed by atoms with van der Waals surface area (Å²) in [6.07, 6.45) is 1.62. The maximum absolute atomic E-state index is 13.0. The van der Waals surface area contributed by atoms with Crippen molar-refractivity contribution in [2.75, 3.05) is 13.2 Å². The van der Waals surface area contributed by atoms with Gasteiger partial charge in [0, 0.05) is 29.6 Å². The molecule has 4 rings (SSSR count). The summed E-state index contributed by atoms with van der Waals surface area (Å²) in [5.41, 5.74) is 3.55. The summed E-state index contributed by atoms with van der Waals surface area (Å²) in [5, 5.41) is 23.2. The Morgan fingerprint density at radius 3 is 2.76 bits per heavy atom. The second-order valence-electron chi connectivity index (χ2n) is 8.82. The van der Waals surface area contributed by atoms with E-state index in [-0.39, 0.29) is 24.1 Å². The number of aromatic amines is 1. The molecule has 174 valence electrons. The Bertz CT molecular complexity index is 1280. The first-order chi connectivity index (χ1) is 15.9. The number of aryl methyl sites for hydroxylation is 2. The van der Waals surface area contributed by atoms with Crippen LogP contribution >= 0.6 is 0 Å². The van der Waals surface area contributed by atoms with Crippen molar-refractivity contribution in [2.45, 2.75) is 46.8 Å². The minimum atomic E-state index is -0.212. The normalized spacial score (nSPS) is 12.8. The predicted molar refractivity (Wildman–Crippen MR) is 125 cm³/mol. The van der Waals surface area contributed by atoms with Crippen molar-refractivity contribution in [3.05, 3.63) is 75.2 Å². The van der Waals surface area contributed by atoms with Gasteiger partial charge in [-0.2, -0.15) is 0 Å². The molecule has 33 heavy (non-hydrogen) atoms. The van der Waals surface area contributed by atoms with Gasteiger partial charge in [-0.05, 0) is 65.6 Å². The highest BCUT2D eigenvalue weighted by atomic mass is 16.3. The average Bonchev–Trinajstić information content (AvgIpc) is 3.42. The third-order valence-corrected chi connectivity index (χ3v) is 5.88. The van der Waals surface area contributed by atoms with Crippen molar-refractivity contribution in [3.63, 3.8) is 0 Å². The number of hydrogen-bond acceptors (Lipinski definition) is 7. The van der Waals surface area contributed by atoms with Gasteiger partial charge in [0.2, 0.25) is 0 Å². The second-order valence-corrected chi connectivity index (χ2v) is 8.82. The number of aromatic nitrogens is 5. The Balaban J connectivity index is 1.71. The van der Waals surface area contributed by atoms with E-state index in [1.165, 1.54) is 0 Å².